The van der Waals surface area contributed by atoms with Gasteiger partial charge < -0.3 is 10.6 Å². The molecule has 6 nitrogen and oxygen atoms in total. The average molecular weight is 445 g/mol. The minimum absolute atomic E-state index is 0.0690. The van der Waals surface area contributed by atoms with Crippen LogP contribution >= 0.6 is 11.8 Å². The highest BCUT2D eigenvalue weighted by atomic mass is 32.2. The van der Waals surface area contributed by atoms with Crippen LogP contribution in [0.15, 0.2) is 60.0 Å². The Morgan fingerprint density at radius 3 is 2.48 bits per heavy atom. The molecule has 0 spiro atoms. The number of carbonyl (C=O) groups excluding carboxylic acids is 2. The van der Waals surface area contributed by atoms with Crippen molar-refractivity contribution >= 4 is 29.3 Å². The van der Waals surface area contributed by atoms with Crippen molar-refractivity contribution in [2.45, 2.75) is 24.9 Å². The first-order valence-electron chi connectivity index (χ1n) is 9.61. The van der Waals surface area contributed by atoms with Crippen molar-refractivity contribution in [3.63, 3.8) is 0 Å². The summed E-state index contributed by atoms with van der Waals surface area (Å²) in [6.07, 6.45) is 3.48. The van der Waals surface area contributed by atoms with Crippen molar-refractivity contribution in [1.82, 2.24) is 14.9 Å². The molecule has 0 aliphatic rings. The molecule has 0 bridgehead atoms. The van der Waals surface area contributed by atoms with E-state index in [1.54, 1.807) is 6.20 Å². The second kappa shape index (κ2) is 10.2. The first-order valence-corrected chi connectivity index (χ1v) is 10.6. The smallest absolute Gasteiger partial charge is 0.243 e. The largest absolute Gasteiger partial charge is 0.346 e. The summed E-state index contributed by atoms with van der Waals surface area (Å²) in [7, 11) is 0. The Morgan fingerprint density at radius 1 is 1.06 bits per heavy atom. The van der Waals surface area contributed by atoms with Crippen molar-refractivity contribution in [3.8, 4) is 5.69 Å². The number of aromatic nitrogens is 2. The number of halogens is 2. The maximum Gasteiger partial charge on any atom is 0.243 e. The van der Waals surface area contributed by atoms with Crippen LogP contribution in [0.25, 0.3) is 5.69 Å². The zero-order valence-corrected chi connectivity index (χ0v) is 17.9. The van der Waals surface area contributed by atoms with Gasteiger partial charge in [0.2, 0.25) is 11.8 Å². The zero-order chi connectivity index (χ0) is 22.4. The van der Waals surface area contributed by atoms with Gasteiger partial charge in [-0.3, -0.25) is 14.2 Å². The van der Waals surface area contributed by atoms with E-state index in [-0.39, 0.29) is 23.9 Å². The highest BCUT2D eigenvalue weighted by Gasteiger charge is 2.11. The number of imidazole rings is 1. The van der Waals surface area contributed by atoms with Crippen LogP contribution in [0.3, 0.4) is 0 Å². The van der Waals surface area contributed by atoms with Gasteiger partial charge in [-0.05, 0) is 35.7 Å². The van der Waals surface area contributed by atoms with Crippen LogP contribution in [0.4, 0.5) is 14.5 Å². The lowest BCUT2D eigenvalue weighted by atomic mass is 10.0. The monoisotopic (exact) mass is 444 g/mol. The van der Waals surface area contributed by atoms with E-state index < -0.39 is 17.5 Å². The van der Waals surface area contributed by atoms with Crippen molar-refractivity contribution in [1.29, 1.82) is 0 Å². The van der Waals surface area contributed by atoms with E-state index in [0.29, 0.717) is 11.1 Å². The summed E-state index contributed by atoms with van der Waals surface area (Å²) in [5.41, 5.74) is 2.29. The molecule has 1 heterocycles. The predicted molar refractivity (Wildman–Crippen MR) is 116 cm³/mol. The number of rotatable bonds is 8. The lowest BCUT2D eigenvalue weighted by Gasteiger charge is -2.10. The predicted octanol–water partition coefficient (Wildman–Crippen LogP) is 4.12. The first kappa shape index (κ1) is 22.5. The molecule has 0 aliphatic heterocycles. The van der Waals surface area contributed by atoms with Gasteiger partial charge in [0.25, 0.3) is 0 Å². The van der Waals surface area contributed by atoms with Gasteiger partial charge in [-0.2, -0.15) is 0 Å². The zero-order valence-electron chi connectivity index (χ0n) is 17.1. The molecule has 0 saturated carbocycles. The Labute approximate surface area is 183 Å². The number of nitrogens with zero attached hydrogens (tertiary/aromatic N) is 2. The molecule has 2 N–H and O–H groups in total. The van der Waals surface area contributed by atoms with Gasteiger partial charge in [-0.15, -0.1) is 0 Å². The number of benzene rings is 2. The molecule has 31 heavy (non-hydrogen) atoms. The maximum atomic E-state index is 13.2. The molecule has 0 saturated heterocycles. The molecule has 0 unspecified atom stereocenters. The fraction of sp³-hybridized carbons (Fsp3) is 0.227. The van der Waals surface area contributed by atoms with E-state index in [1.165, 1.54) is 23.4 Å². The fourth-order valence-electron chi connectivity index (χ4n) is 2.75. The highest BCUT2D eigenvalue weighted by Crippen LogP contribution is 2.22. The van der Waals surface area contributed by atoms with E-state index in [2.05, 4.69) is 41.6 Å². The van der Waals surface area contributed by atoms with Crippen LogP contribution in [0.2, 0.25) is 0 Å². The quantitative estimate of drug-likeness (QED) is 0.513. The molecule has 3 rings (SSSR count). The average Bonchev–Trinajstić information content (AvgIpc) is 3.22. The van der Waals surface area contributed by atoms with Gasteiger partial charge >= 0.3 is 0 Å². The third-order valence-electron chi connectivity index (χ3n) is 4.43. The van der Waals surface area contributed by atoms with Gasteiger partial charge in [0.15, 0.2) is 16.8 Å². The molecule has 1 aromatic heterocycles. The molecule has 9 heteroatoms. The molecule has 0 aliphatic carbocycles. The van der Waals surface area contributed by atoms with Gasteiger partial charge in [0, 0.05) is 29.8 Å². The maximum absolute atomic E-state index is 13.2. The summed E-state index contributed by atoms with van der Waals surface area (Å²) in [5, 5.41) is 5.54. The standard InChI is InChI=1S/C22H22F2N4O2S/c1-14(2)15-3-6-17(7-4-15)28-10-9-25-22(28)31-13-21(30)26-12-20(29)27-16-5-8-18(23)19(24)11-16/h3-11,14H,12-13H2,1-2H3,(H,26,30)(H,27,29). The van der Waals surface area contributed by atoms with Gasteiger partial charge in [-0.25, -0.2) is 13.8 Å². The number of anilines is 1. The van der Waals surface area contributed by atoms with E-state index in [0.717, 1.165) is 17.8 Å². The third kappa shape index (κ3) is 6.14. The number of thioether (sulfide) groups is 1. The van der Waals surface area contributed by atoms with Crippen LogP contribution in [-0.4, -0.2) is 33.7 Å². The normalized spacial score (nSPS) is 10.9. The van der Waals surface area contributed by atoms with Crippen LogP contribution in [0, 0.1) is 11.6 Å². The summed E-state index contributed by atoms with van der Waals surface area (Å²) >= 11 is 1.24. The molecule has 0 fully saturated rings. The molecular weight excluding hydrogens is 422 g/mol. The summed E-state index contributed by atoms with van der Waals surface area (Å²) in [6, 6.07) is 11.2. The van der Waals surface area contributed by atoms with Crippen molar-refractivity contribution in [2.24, 2.45) is 0 Å². The molecule has 2 amide bonds. The van der Waals surface area contributed by atoms with Crippen LogP contribution in [0.1, 0.15) is 25.3 Å². The number of nitrogens with one attached hydrogen (secondary N) is 2. The lowest BCUT2D eigenvalue weighted by molar-refractivity contribution is -0.122. The Bertz CT molecular complexity index is 1070. The van der Waals surface area contributed by atoms with Gasteiger partial charge in [0.05, 0.1) is 12.3 Å². The Hall–Kier alpha value is -3.20. The van der Waals surface area contributed by atoms with Crippen molar-refractivity contribution < 1.29 is 18.4 Å². The molecule has 2 aromatic carbocycles. The SMILES string of the molecule is CC(C)c1ccc(-n2ccnc2SCC(=O)NCC(=O)Nc2ccc(F)c(F)c2)cc1. The topological polar surface area (TPSA) is 76.0 Å². The van der Waals surface area contributed by atoms with Gasteiger partial charge in [0.1, 0.15) is 0 Å². The lowest BCUT2D eigenvalue weighted by Crippen LogP contribution is -2.34. The fourth-order valence-corrected chi connectivity index (χ4v) is 3.55. The van der Waals surface area contributed by atoms with E-state index in [9.17, 15) is 18.4 Å². The molecule has 162 valence electrons. The van der Waals surface area contributed by atoms with Crippen molar-refractivity contribution in [3.05, 3.63) is 72.1 Å². The summed E-state index contributed by atoms with van der Waals surface area (Å²) in [6.45, 7) is 3.97. The summed E-state index contributed by atoms with van der Waals surface area (Å²) < 4.78 is 28.0. The van der Waals surface area contributed by atoms with Gasteiger partial charge in [-0.1, -0.05) is 37.7 Å². The minimum atomic E-state index is -1.06. The minimum Gasteiger partial charge on any atom is -0.346 e. The molecular formula is C22H22F2N4O2S. The highest BCUT2D eigenvalue weighted by molar-refractivity contribution is 7.99. The van der Waals surface area contributed by atoms with E-state index in [1.807, 2.05) is 22.9 Å². The second-order valence-corrected chi connectivity index (χ2v) is 8.01. The van der Waals surface area contributed by atoms with Crippen molar-refractivity contribution in [2.75, 3.05) is 17.6 Å². The van der Waals surface area contributed by atoms with Crippen LogP contribution in [0.5, 0.6) is 0 Å². The first-order chi connectivity index (χ1) is 14.8. The number of amides is 2. The Morgan fingerprint density at radius 2 is 1.81 bits per heavy atom. The van der Waals surface area contributed by atoms with Crippen LogP contribution in [-0.2, 0) is 9.59 Å². The molecule has 0 atom stereocenters. The Balaban J connectivity index is 1.49. The Kier molecular flexibility index (Phi) is 7.41. The molecule has 3 aromatic rings. The van der Waals surface area contributed by atoms with E-state index >= 15 is 0 Å². The third-order valence-corrected chi connectivity index (χ3v) is 5.39. The van der Waals surface area contributed by atoms with E-state index in [4.69, 9.17) is 0 Å². The summed E-state index contributed by atoms with van der Waals surface area (Å²) in [4.78, 5) is 28.3. The second-order valence-electron chi connectivity index (χ2n) is 7.07. The summed E-state index contributed by atoms with van der Waals surface area (Å²) in [5.74, 6) is -2.45. The number of carbonyl (C=O) groups is 2. The molecule has 0 radical (unpaired) electrons. The van der Waals surface area contributed by atoms with Crippen LogP contribution < -0.4 is 10.6 Å². The number of hydrogen-bond donors (Lipinski definition) is 2. The number of hydrogen-bond acceptors (Lipinski definition) is 4.